The Hall–Kier alpha value is -3.06. The highest BCUT2D eigenvalue weighted by Crippen LogP contribution is 2.31. The van der Waals surface area contributed by atoms with Crippen LogP contribution in [0.1, 0.15) is 27.2 Å². The molecule has 3 heterocycles. The summed E-state index contributed by atoms with van der Waals surface area (Å²) < 4.78 is 11.5. The minimum absolute atomic E-state index is 0.229. The highest BCUT2D eigenvalue weighted by atomic mass is 16.5. The highest BCUT2D eigenvalue weighted by molar-refractivity contribution is 5.94. The van der Waals surface area contributed by atoms with Gasteiger partial charge >= 0.3 is 0 Å². The summed E-state index contributed by atoms with van der Waals surface area (Å²) in [6.07, 6.45) is 3.55. The van der Waals surface area contributed by atoms with Gasteiger partial charge in [-0.05, 0) is 62.1 Å². The Balaban J connectivity index is 1.44. The lowest BCUT2D eigenvalue weighted by Gasteiger charge is -2.40. The van der Waals surface area contributed by atoms with E-state index >= 15 is 0 Å². The van der Waals surface area contributed by atoms with Crippen LogP contribution >= 0.6 is 0 Å². The van der Waals surface area contributed by atoms with Crippen molar-refractivity contribution in [2.75, 3.05) is 25.2 Å². The van der Waals surface area contributed by atoms with Crippen LogP contribution in [-0.4, -0.2) is 52.6 Å². The number of aromatic nitrogens is 4. The van der Waals surface area contributed by atoms with Gasteiger partial charge in [0.15, 0.2) is 5.82 Å². The molecule has 2 aromatic carbocycles. The molecule has 0 saturated carbocycles. The van der Waals surface area contributed by atoms with Crippen LogP contribution in [0.2, 0.25) is 0 Å². The van der Waals surface area contributed by atoms with E-state index in [0.29, 0.717) is 12.0 Å². The van der Waals surface area contributed by atoms with Crippen LogP contribution < -0.4 is 9.64 Å². The molecule has 167 valence electrons. The predicted octanol–water partition coefficient (Wildman–Crippen LogP) is 4.96. The van der Waals surface area contributed by atoms with Crippen molar-refractivity contribution in [1.29, 1.82) is 0 Å². The van der Waals surface area contributed by atoms with Crippen molar-refractivity contribution < 1.29 is 9.47 Å². The third kappa shape index (κ3) is 3.93. The van der Waals surface area contributed by atoms with Crippen LogP contribution in [0.25, 0.3) is 33.5 Å². The van der Waals surface area contributed by atoms with Gasteiger partial charge in [-0.15, -0.1) is 0 Å². The number of benzene rings is 2. The Morgan fingerprint density at radius 1 is 1.22 bits per heavy atom. The molecule has 1 saturated heterocycles. The van der Waals surface area contributed by atoms with Gasteiger partial charge in [0, 0.05) is 23.7 Å². The highest BCUT2D eigenvalue weighted by Gasteiger charge is 2.26. The molecule has 2 atom stereocenters. The topological polar surface area (TPSA) is 79.1 Å². The molecule has 2 N–H and O–H groups in total. The Labute approximate surface area is 188 Å². The summed E-state index contributed by atoms with van der Waals surface area (Å²) in [6.45, 7) is 8.27. The minimum Gasteiger partial charge on any atom is -0.497 e. The standard InChI is InChI=1S/C25H30N5O2/c1-15(2)5-7-19-13-30(16(3)14-32-19)17-6-9-22-23(11-17)27-25(26-22)24-20-12-18(31-4)8-10-21(20)28-29-24/h5-6,8-12,15-16,19H,7,13-14H2,1-4H3,(H,26,27)(H,28,29)/t16-,19-/m1/s1. The van der Waals surface area contributed by atoms with Crippen molar-refractivity contribution in [2.24, 2.45) is 5.92 Å². The summed E-state index contributed by atoms with van der Waals surface area (Å²) in [5.74, 6) is 2.12. The monoisotopic (exact) mass is 432 g/mol. The van der Waals surface area contributed by atoms with E-state index < -0.39 is 0 Å². The molecule has 7 nitrogen and oxygen atoms in total. The fraction of sp³-hybridized carbons (Fsp3) is 0.400. The molecule has 1 fully saturated rings. The van der Waals surface area contributed by atoms with Crippen molar-refractivity contribution in [3.8, 4) is 17.3 Å². The van der Waals surface area contributed by atoms with Crippen LogP contribution in [0.3, 0.4) is 0 Å². The van der Waals surface area contributed by atoms with Crippen molar-refractivity contribution in [2.45, 2.75) is 39.3 Å². The third-order valence-corrected chi connectivity index (χ3v) is 6.17. The summed E-state index contributed by atoms with van der Waals surface area (Å²) in [5.41, 5.74) is 4.86. The average molecular weight is 433 g/mol. The van der Waals surface area contributed by atoms with Gasteiger partial charge in [-0.3, -0.25) is 5.10 Å². The quantitative estimate of drug-likeness (QED) is 0.450. The summed E-state index contributed by atoms with van der Waals surface area (Å²) in [4.78, 5) is 10.7. The number of anilines is 1. The molecular weight excluding hydrogens is 402 g/mol. The lowest BCUT2D eigenvalue weighted by molar-refractivity contribution is 0.0215. The van der Waals surface area contributed by atoms with Crippen molar-refractivity contribution in [3.05, 3.63) is 42.8 Å². The second-order valence-electron chi connectivity index (χ2n) is 8.94. The van der Waals surface area contributed by atoms with Crippen molar-refractivity contribution >= 4 is 27.6 Å². The van der Waals surface area contributed by atoms with Gasteiger partial charge in [0.05, 0.1) is 36.4 Å². The zero-order valence-corrected chi connectivity index (χ0v) is 19.1. The molecule has 1 aliphatic rings. The van der Waals surface area contributed by atoms with E-state index in [1.807, 2.05) is 18.2 Å². The number of morpholine rings is 1. The zero-order valence-electron chi connectivity index (χ0n) is 19.1. The molecule has 5 rings (SSSR count). The van der Waals surface area contributed by atoms with E-state index in [0.717, 1.165) is 58.8 Å². The fourth-order valence-corrected chi connectivity index (χ4v) is 4.33. The number of fused-ring (bicyclic) bond motifs is 2. The Kier molecular flexibility index (Phi) is 5.51. The van der Waals surface area contributed by atoms with E-state index in [4.69, 9.17) is 14.5 Å². The first-order chi connectivity index (χ1) is 15.5. The number of imidazole rings is 1. The normalized spacial score (nSPS) is 19.3. The van der Waals surface area contributed by atoms with Gasteiger partial charge in [-0.1, -0.05) is 13.8 Å². The van der Waals surface area contributed by atoms with E-state index in [-0.39, 0.29) is 6.10 Å². The molecule has 0 amide bonds. The smallest absolute Gasteiger partial charge is 0.159 e. The molecular formula is C25H30N5O2. The fourth-order valence-electron chi connectivity index (χ4n) is 4.33. The first-order valence-electron chi connectivity index (χ1n) is 11.3. The first kappa shape index (κ1) is 20.8. The Morgan fingerprint density at radius 2 is 2.09 bits per heavy atom. The summed E-state index contributed by atoms with van der Waals surface area (Å²) in [5, 5.41) is 8.57. The zero-order chi connectivity index (χ0) is 22.2. The molecule has 0 bridgehead atoms. The molecule has 4 aromatic rings. The SMILES string of the molecule is COc1ccc2[nH]nc(-c3nc4ccc(N5C[C@@H](C[CH]C(C)C)OC[C@H]5C)cc4[nH]3)c2c1. The lowest BCUT2D eigenvalue weighted by atomic mass is 10.0. The molecule has 0 aliphatic carbocycles. The number of ether oxygens (including phenoxy) is 2. The molecule has 1 radical (unpaired) electrons. The minimum atomic E-state index is 0.229. The number of hydrogen-bond acceptors (Lipinski definition) is 5. The van der Waals surface area contributed by atoms with Crippen LogP contribution in [0, 0.1) is 12.3 Å². The number of H-pyrrole nitrogens is 2. The maximum absolute atomic E-state index is 6.08. The number of methoxy groups -OCH3 is 1. The Morgan fingerprint density at radius 3 is 2.91 bits per heavy atom. The van der Waals surface area contributed by atoms with Gasteiger partial charge in [0.1, 0.15) is 11.4 Å². The molecule has 32 heavy (non-hydrogen) atoms. The number of nitrogens with one attached hydrogen (secondary N) is 2. The summed E-state index contributed by atoms with van der Waals surface area (Å²) in [6, 6.07) is 12.6. The van der Waals surface area contributed by atoms with Crippen molar-refractivity contribution in [3.63, 3.8) is 0 Å². The summed E-state index contributed by atoms with van der Waals surface area (Å²) >= 11 is 0. The van der Waals surface area contributed by atoms with Crippen LogP contribution in [-0.2, 0) is 4.74 Å². The van der Waals surface area contributed by atoms with Crippen molar-refractivity contribution in [1.82, 2.24) is 20.2 Å². The Bertz CT molecular complexity index is 1230. The molecule has 2 aromatic heterocycles. The van der Waals surface area contributed by atoms with Gasteiger partial charge in [-0.2, -0.15) is 5.10 Å². The third-order valence-electron chi connectivity index (χ3n) is 6.17. The largest absolute Gasteiger partial charge is 0.497 e. The molecule has 1 aliphatic heterocycles. The van der Waals surface area contributed by atoms with Crippen LogP contribution in [0.5, 0.6) is 5.75 Å². The molecule has 0 spiro atoms. The second-order valence-corrected chi connectivity index (χ2v) is 8.94. The van der Waals surface area contributed by atoms with Crippen LogP contribution in [0.15, 0.2) is 36.4 Å². The van der Waals surface area contributed by atoms with Gasteiger partial charge < -0.3 is 19.4 Å². The lowest BCUT2D eigenvalue weighted by Crippen LogP contribution is -2.48. The van der Waals surface area contributed by atoms with Gasteiger partial charge in [-0.25, -0.2) is 4.98 Å². The van der Waals surface area contributed by atoms with Crippen LogP contribution in [0.4, 0.5) is 5.69 Å². The average Bonchev–Trinajstić information content (AvgIpc) is 3.41. The predicted molar refractivity (Wildman–Crippen MR) is 128 cm³/mol. The van der Waals surface area contributed by atoms with E-state index in [9.17, 15) is 0 Å². The van der Waals surface area contributed by atoms with E-state index in [1.54, 1.807) is 7.11 Å². The van der Waals surface area contributed by atoms with Gasteiger partial charge in [0.2, 0.25) is 0 Å². The second kappa shape index (κ2) is 8.47. The maximum atomic E-state index is 6.08. The summed E-state index contributed by atoms with van der Waals surface area (Å²) in [7, 11) is 1.67. The number of aromatic amines is 2. The number of hydrogen-bond donors (Lipinski definition) is 2. The van der Waals surface area contributed by atoms with E-state index in [1.165, 1.54) is 5.69 Å². The first-order valence-corrected chi connectivity index (χ1v) is 11.3. The van der Waals surface area contributed by atoms with E-state index in [2.05, 4.69) is 65.5 Å². The maximum Gasteiger partial charge on any atom is 0.159 e. The molecule has 7 heteroatoms. The number of rotatable bonds is 6. The molecule has 0 unspecified atom stereocenters. The number of nitrogens with zero attached hydrogens (tertiary/aromatic N) is 3. The van der Waals surface area contributed by atoms with Gasteiger partial charge in [0.25, 0.3) is 0 Å².